The largest absolute Gasteiger partial charge is 0.450 e. The SMILES string of the molecule is O=C1c2oc3ccc(Cl)cc3c(=O)c2[C@@H](c2cccnc2)N1Cc1ccccc1. The molecule has 1 amide bonds. The van der Waals surface area contributed by atoms with Crippen LogP contribution in [0.1, 0.15) is 33.3 Å². The summed E-state index contributed by atoms with van der Waals surface area (Å²) in [5.41, 5.74) is 2.14. The zero-order chi connectivity index (χ0) is 20.0. The molecule has 142 valence electrons. The van der Waals surface area contributed by atoms with Gasteiger partial charge in [0.15, 0.2) is 5.43 Å². The molecule has 2 aromatic carbocycles. The molecule has 1 aliphatic rings. The van der Waals surface area contributed by atoms with Crippen molar-refractivity contribution < 1.29 is 9.21 Å². The molecule has 1 atom stereocenters. The zero-order valence-corrected chi connectivity index (χ0v) is 16.0. The van der Waals surface area contributed by atoms with E-state index in [9.17, 15) is 9.59 Å². The van der Waals surface area contributed by atoms with Crippen LogP contribution in [0, 0.1) is 0 Å². The fraction of sp³-hybridized carbons (Fsp3) is 0.0870. The minimum Gasteiger partial charge on any atom is -0.450 e. The van der Waals surface area contributed by atoms with E-state index in [1.54, 1.807) is 41.6 Å². The van der Waals surface area contributed by atoms with E-state index in [1.807, 2.05) is 36.4 Å². The zero-order valence-electron chi connectivity index (χ0n) is 15.2. The number of pyridine rings is 1. The van der Waals surface area contributed by atoms with Crippen LogP contribution in [0.5, 0.6) is 0 Å². The molecular formula is C23H15ClN2O3. The second-order valence-corrected chi connectivity index (χ2v) is 7.36. The Labute approximate surface area is 171 Å². The van der Waals surface area contributed by atoms with Crippen LogP contribution in [0.2, 0.25) is 5.02 Å². The lowest BCUT2D eigenvalue weighted by Gasteiger charge is -2.25. The van der Waals surface area contributed by atoms with E-state index in [0.717, 1.165) is 11.1 Å². The number of benzene rings is 2. The summed E-state index contributed by atoms with van der Waals surface area (Å²) in [6, 6.07) is 17.6. The topological polar surface area (TPSA) is 63.4 Å². The number of nitrogens with zero attached hydrogens (tertiary/aromatic N) is 2. The van der Waals surface area contributed by atoms with Gasteiger partial charge in [0.05, 0.1) is 17.0 Å². The highest BCUT2D eigenvalue weighted by atomic mass is 35.5. The quantitative estimate of drug-likeness (QED) is 0.503. The standard InChI is InChI=1S/C23H15ClN2O3/c24-16-8-9-18-17(11-16)21(27)19-20(15-7-4-10-25-12-15)26(23(28)22(19)29-18)13-14-5-2-1-3-6-14/h1-12,20H,13H2/t20-/m1/s1. The van der Waals surface area contributed by atoms with Crippen molar-refractivity contribution in [3.8, 4) is 0 Å². The third-order valence-electron chi connectivity index (χ3n) is 5.12. The van der Waals surface area contributed by atoms with Gasteiger partial charge < -0.3 is 9.32 Å². The Bertz CT molecular complexity index is 1290. The van der Waals surface area contributed by atoms with E-state index in [2.05, 4.69) is 4.98 Å². The molecule has 0 bridgehead atoms. The van der Waals surface area contributed by atoms with Crippen LogP contribution in [0.15, 0.2) is 82.3 Å². The Morgan fingerprint density at radius 2 is 1.86 bits per heavy atom. The molecular weight excluding hydrogens is 388 g/mol. The highest BCUT2D eigenvalue weighted by Gasteiger charge is 2.42. The van der Waals surface area contributed by atoms with Gasteiger partial charge in [-0.2, -0.15) is 0 Å². The van der Waals surface area contributed by atoms with E-state index in [0.29, 0.717) is 28.1 Å². The number of amides is 1. The number of hydrogen-bond donors (Lipinski definition) is 0. The van der Waals surface area contributed by atoms with Crippen molar-refractivity contribution in [2.24, 2.45) is 0 Å². The van der Waals surface area contributed by atoms with Gasteiger partial charge in [0, 0.05) is 24.0 Å². The van der Waals surface area contributed by atoms with Crippen LogP contribution >= 0.6 is 11.6 Å². The lowest BCUT2D eigenvalue weighted by molar-refractivity contribution is 0.0714. The van der Waals surface area contributed by atoms with Crippen molar-refractivity contribution in [2.75, 3.05) is 0 Å². The van der Waals surface area contributed by atoms with Crippen molar-refractivity contribution in [3.63, 3.8) is 0 Å². The van der Waals surface area contributed by atoms with Gasteiger partial charge in [-0.05, 0) is 35.4 Å². The second kappa shape index (κ2) is 6.87. The van der Waals surface area contributed by atoms with E-state index < -0.39 is 6.04 Å². The predicted molar refractivity (Wildman–Crippen MR) is 110 cm³/mol. The maximum atomic E-state index is 13.4. The molecule has 0 unspecified atom stereocenters. The van der Waals surface area contributed by atoms with E-state index in [-0.39, 0.29) is 17.1 Å². The molecule has 3 heterocycles. The molecule has 5 nitrogen and oxygen atoms in total. The van der Waals surface area contributed by atoms with E-state index >= 15 is 0 Å². The number of aromatic nitrogens is 1. The van der Waals surface area contributed by atoms with Gasteiger partial charge in [0.25, 0.3) is 5.91 Å². The molecule has 1 aliphatic heterocycles. The molecule has 0 aliphatic carbocycles. The lowest BCUT2D eigenvalue weighted by atomic mass is 9.99. The van der Waals surface area contributed by atoms with Gasteiger partial charge in [0.2, 0.25) is 5.76 Å². The summed E-state index contributed by atoms with van der Waals surface area (Å²) in [5.74, 6) is -0.235. The van der Waals surface area contributed by atoms with Gasteiger partial charge in [-0.1, -0.05) is 48.0 Å². The first-order valence-corrected chi connectivity index (χ1v) is 9.52. The van der Waals surface area contributed by atoms with Crippen molar-refractivity contribution in [1.82, 2.24) is 9.88 Å². The third kappa shape index (κ3) is 2.91. The number of carbonyl (C=O) groups excluding carboxylic acids is 1. The first-order chi connectivity index (χ1) is 14.1. The van der Waals surface area contributed by atoms with Crippen molar-refractivity contribution in [1.29, 1.82) is 0 Å². The summed E-state index contributed by atoms with van der Waals surface area (Å²) in [6.07, 6.45) is 3.33. The van der Waals surface area contributed by atoms with Crippen LogP contribution in [0.4, 0.5) is 0 Å². The Kier molecular flexibility index (Phi) is 4.18. The minimum absolute atomic E-state index is 0.0783. The molecule has 2 aromatic heterocycles. The van der Waals surface area contributed by atoms with E-state index in [4.69, 9.17) is 16.0 Å². The summed E-state index contributed by atoms with van der Waals surface area (Å²) < 4.78 is 5.90. The van der Waals surface area contributed by atoms with Gasteiger partial charge in [-0.3, -0.25) is 14.6 Å². The molecule has 6 heteroatoms. The van der Waals surface area contributed by atoms with Crippen LogP contribution in [-0.2, 0) is 6.54 Å². The molecule has 0 saturated heterocycles. The average molecular weight is 403 g/mol. The number of halogens is 1. The van der Waals surface area contributed by atoms with Crippen LogP contribution < -0.4 is 5.43 Å². The average Bonchev–Trinajstić information content (AvgIpc) is 3.02. The molecule has 0 radical (unpaired) electrons. The van der Waals surface area contributed by atoms with E-state index in [1.165, 1.54) is 0 Å². The Hall–Kier alpha value is -3.44. The Morgan fingerprint density at radius 3 is 2.62 bits per heavy atom. The number of rotatable bonds is 3. The van der Waals surface area contributed by atoms with Crippen molar-refractivity contribution in [2.45, 2.75) is 12.6 Å². The van der Waals surface area contributed by atoms with Crippen molar-refractivity contribution in [3.05, 3.63) is 111 Å². The summed E-state index contributed by atoms with van der Waals surface area (Å²) >= 11 is 6.09. The summed E-state index contributed by atoms with van der Waals surface area (Å²) in [6.45, 7) is 0.347. The van der Waals surface area contributed by atoms with Gasteiger partial charge >= 0.3 is 0 Å². The number of carbonyl (C=O) groups is 1. The Balaban J connectivity index is 1.74. The van der Waals surface area contributed by atoms with Crippen molar-refractivity contribution >= 4 is 28.5 Å². The molecule has 29 heavy (non-hydrogen) atoms. The molecule has 0 fully saturated rings. The lowest BCUT2D eigenvalue weighted by Crippen LogP contribution is -2.29. The monoisotopic (exact) mass is 402 g/mol. The normalized spacial score (nSPS) is 15.7. The highest BCUT2D eigenvalue weighted by molar-refractivity contribution is 6.31. The highest BCUT2D eigenvalue weighted by Crippen LogP contribution is 2.39. The maximum Gasteiger partial charge on any atom is 0.291 e. The number of hydrogen-bond acceptors (Lipinski definition) is 4. The Morgan fingerprint density at radius 1 is 1.03 bits per heavy atom. The van der Waals surface area contributed by atoms with Gasteiger partial charge in [-0.15, -0.1) is 0 Å². The molecule has 0 spiro atoms. The molecule has 5 rings (SSSR count). The third-order valence-corrected chi connectivity index (χ3v) is 5.36. The summed E-state index contributed by atoms with van der Waals surface area (Å²) in [7, 11) is 0. The van der Waals surface area contributed by atoms with Crippen LogP contribution in [0.3, 0.4) is 0 Å². The predicted octanol–water partition coefficient (Wildman–Crippen LogP) is 4.59. The fourth-order valence-electron chi connectivity index (χ4n) is 3.82. The summed E-state index contributed by atoms with van der Waals surface area (Å²) in [4.78, 5) is 32.5. The van der Waals surface area contributed by atoms with Crippen LogP contribution in [0.25, 0.3) is 11.0 Å². The molecule has 0 saturated carbocycles. The maximum absolute atomic E-state index is 13.4. The summed E-state index contributed by atoms with van der Waals surface area (Å²) in [5, 5.41) is 0.799. The minimum atomic E-state index is -0.578. The first kappa shape index (κ1) is 17.6. The number of fused-ring (bicyclic) bond motifs is 2. The smallest absolute Gasteiger partial charge is 0.291 e. The molecule has 4 aromatic rings. The van der Waals surface area contributed by atoms with Gasteiger partial charge in [-0.25, -0.2) is 0 Å². The molecule has 0 N–H and O–H groups in total. The second-order valence-electron chi connectivity index (χ2n) is 6.92. The first-order valence-electron chi connectivity index (χ1n) is 9.14. The fourth-order valence-corrected chi connectivity index (χ4v) is 3.99. The van der Waals surface area contributed by atoms with Gasteiger partial charge in [0.1, 0.15) is 5.58 Å². The van der Waals surface area contributed by atoms with Crippen LogP contribution in [-0.4, -0.2) is 15.8 Å².